The average Bonchev–Trinajstić information content (AvgIpc) is 3.30. The summed E-state index contributed by atoms with van der Waals surface area (Å²) in [5.74, 6) is 0.432. The van der Waals surface area contributed by atoms with E-state index in [1.807, 2.05) is 44.2 Å². The predicted octanol–water partition coefficient (Wildman–Crippen LogP) is 3.41. The number of nitrogens with zero attached hydrogens (tertiary/aromatic N) is 3. The molecule has 1 aliphatic rings. The van der Waals surface area contributed by atoms with Crippen molar-refractivity contribution in [2.75, 3.05) is 24.6 Å². The van der Waals surface area contributed by atoms with Gasteiger partial charge in [0.15, 0.2) is 6.61 Å². The molecule has 2 aromatic carbocycles. The van der Waals surface area contributed by atoms with Crippen molar-refractivity contribution in [2.24, 2.45) is 0 Å². The van der Waals surface area contributed by atoms with Crippen molar-refractivity contribution in [1.29, 1.82) is 0 Å². The zero-order valence-corrected chi connectivity index (χ0v) is 17.5. The molecule has 8 heteroatoms. The fourth-order valence-electron chi connectivity index (χ4n) is 3.47. The quantitative estimate of drug-likeness (QED) is 0.629. The molecule has 3 aromatic rings. The SMILES string of the molecule is CCCN1C(=O)COc2cc(-c3noc(C(=O)NC[C@H](C)c4ccccc4)n3)ccc21. The summed E-state index contributed by atoms with van der Waals surface area (Å²) in [5, 5.41) is 6.76. The minimum atomic E-state index is -0.421. The van der Waals surface area contributed by atoms with Crippen LogP contribution in [0.3, 0.4) is 0 Å². The highest BCUT2D eigenvalue weighted by Crippen LogP contribution is 2.35. The summed E-state index contributed by atoms with van der Waals surface area (Å²) in [6, 6.07) is 15.3. The summed E-state index contributed by atoms with van der Waals surface area (Å²) < 4.78 is 10.7. The van der Waals surface area contributed by atoms with Crippen molar-refractivity contribution in [3.8, 4) is 17.1 Å². The van der Waals surface area contributed by atoms with Gasteiger partial charge >= 0.3 is 11.8 Å². The number of hydrogen-bond donors (Lipinski definition) is 1. The van der Waals surface area contributed by atoms with Crippen molar-refractivity contribution in [3.05, 3.63) is 60.0 Å². The third-order valence-electron chi connectivity index (χ3n) is 5.17. The first-order valence-corrected chi connectivity index (χ1v) is 10.3. The molecule has 0 radical (unpaired) electrons. The molecule has 8 nitrogen and oxygen atoms in total. The second-order valence-electron chi connectivity index (χ2n) is 7.46. The Hall–Kier alpha value is -3.68. The minimum absolute atomic E-state index is 0.00402. The summed E-state index contributed by atoms with van der Waals surface area (Å²) in [7, 11) is 0. The van der Waals surface area contributed by atoms with Gasteiger partial charge in [-0.15, -0.1) is 0 Å². The maximum Gasteiger partial charge on any atom is 0.316 e. The summed E-state index contributed by atoms with van der Waals surface area (Å²) in [4.78, 5) is 30.5. The highest BCUT2D eigenvalue weighted by atomic mass is 16.5. The normalized spacial score (nSPS) is 14.0. The number of fused-ring (bicyclic) bond motifs is 1. The maximum absolute atomic E-state index is 12.4. The number of carbonyl (C=O) groups is 2. The molecule has 4 rings (SSSR count). The molecular weight excluding hydrogens is 396 g/mol. The Morgan fingerprint density at radius 3 is 2.81 bits per heavy atom. The molecule has 1 N–H and O–H groups in total. The first-order valence-electron chi connectivity index (χ1n) is 10.3. The molecule has 0 unspecified atom stereocenters. The van der Waals surface area contributed by atoms with Gasteiger partial charge in [0, 0.05) is 18.7 Å². The number of carbonyl (C=O) groups excluding carboxylic acids is 2. The van der Waals surface area contributed by atoms with Crippen LogP contribution in [0, 0.1) is 0 Å². The third-order valence-corrected chi connectivity index (χ3v) is 5.17. The second kappa shape index (κ2) is 8.99. The van der Waals surface area contributed by atoms with E-state index in [4.69, 9.17) is 9.26 Å². The Labute approximate surface area is 180 Å². The molecule has 1 aromatic heterocycles. The van der Waals surface area contributed by atoms with E-state index in [9.17, 15) is 9.59 Å². The summed E-state index contributed by atoms with van der Waals surface area (Å²) in [6.45, 7) is 5.13. The van der Waals surface area contributed by atoms with Crippen molar-refractivity contribution < 1.29 is 18.8 Å². The number of ether oxygens (including phenoxy) is 1. The van der Waals surface area contributed by atoms with E-state index in [1.165, 1.54) is 0 Å². The van der Waals surface area contributed by atoms with E-state index in [1.54, 1.807) is 23.1 Å². The summed E-state index contributed by atoms with van der Waals surface area (Å²) >= 11 is 0. The van der Waals surface area contributed by atoms with Crippen LogP contribution in [-0.4, -0.2) is 41.7 Å². The van der Waals surface area contributed by atoms with Crippen LogP contribution in [-0.2, 0) is 4.79 Å². The Kier molecular flexibility index (Phi) is 5.97. The van der Waals surface area contributed by atoms with Crippen LogP contribution in [0.1, 0.15) is 42.4 Å². The van der Waals surface area contributed by atoms with E-state index in [-0.39, 0.29) is 30.1 Å². The second-order valence-corrected chi connectivity index (χ2v) is 7.46. The highest BCUT2D eigenvalue weighted by Gasteiger charge is 2.26. The fraction of sp³-hybridized carbons (Fsp3) is 0.304. The monoisotopic (exact) mass is 420 g/mol. The van der Waals surface area contributed by atoms with Gasteiger partial charge in [-0.2, -0.15) is 4.98 Å². The van der Waals surface area contributed by atoms with Crippen LogP contribution in [0.15, 0.2) is 53.1 Å². The lowest BCUT2D eigenvalue weighted by molar-refractivity contribution is -0.121. The number of anilines is 1. The molecule has 2 amide bonds. The Bertz CT molecular complexity index is 1080. The van der Waals surface area contributed by atoms with Crippen molar-refractivity contribution in [1.82, 2.24) is 15.5 Å². The van der Waals surface area contributed by atoms with Gasteiger partial charge in [0.25, 0.3) is 5.91 Å². The molecule has 1 aliphatic heterocycles. The van der Waals surface area contributed by atoms with Crippen molar-refractivity contribution in [3.63, 3.8) is 0 Å². The fourth-order valence-corrected chi connectivity index (χ4v) is 3.47. The van der Waals surface area contributed by atoms with Gasteiger partial charge in [-0.1, -0.05) is 49.3 Å². The maximum atomic E-state index is 12.4. The zero-order valence-electron chi connectivity index (χ0n) is 17.5. The zero-order chi connectivity index (χ0) is 21.8. The van der Waals surface area contributed by atoms with Crippen LogP contribution >= 0.6 is 0 Å². The number of nitrogens with one attached hydrogen (secondary N) is 1. The molecular formula is C23H24N4O4. The number of aromatic nitrogens is 2. The van der Waals surface area contributed by atoms with Gasteiger partial charge in [-0.25, -0.2) is 0 Å². The lowest BCUT2D eigenvalue weighted by Crippen LogP contribution is -2.39. The lowest BCUT2D eigenvalue weighted by Gasteiger charge is -2.29. The van der Waals surface area contributed by atoms with Gasteiger partial charge in [0.05, 0.1) is 5.69 Å². The molecule has 2 heterocycles. The minimum Gasteiger partial charge on any atom is -0.482 e. The van der Waals surface area contributed by atoms with E-state index in [2.05, 4.69) is 15.5 Å². The number of benzene rings is 2. The average molecular weight is 420 g/mol. The van der Waals surface area contributed by atoms with Crippen molar-refractivity contribution >= 4 is 17.5 Å². The van der Waals surface area contributed by atoms with Gasteiger partial charge < -0.3 is 19.5 Å². The van der Waals surface area contributed by atoms with Crippen LogP contribution in [0.4, 0.5) is 5.69 Å². The topological polar surface area (TPSA) is 97.6 Å². The molecule has 1 atom stereocenters. The third kappa shape index (κ3) is 4.42. The summed E-state index contributed by atoms with van der Waals surface area (Å²) in [6.07, 6.45) is 0.846. The smallest absolute Gasteiger partial charge is 0.316 e. The molecule has 0 fully saturated rings. The van der Waals surface area contributed by atoms with E-state index < -0.39 is 5.91 Å². The number of hydrogen-bond acceptors (Lipinski definition) is 6. The van der Waals surface area contributed by atoms with Crippen LogP contribution in [0.2, 0.25) is 0 Å². The molecule has 0 bridgehead atoms. The Balaban J connectivity index is 1.45. The first-order chi connectivity index (χ1) is 15.1. The molecule has 31 heavy (non-hydrogen) atoms. The lowest BCUT2D eigenvalue weighted by atomic mass is 10.0. The molecule has 0 saturated carbocycles. The van der Waals surface area contributed by atoms with Crippen LogP contribution in [0.5, 0.6) is 5.75 Å². The Morgan fingerprint density at radius 1 is 1.23 bits per heavy atom. The van der Waals surface area contributed by atoms with Gasteiger partial charge in [0.2, 0.25) is 5.82 Å². The van der Waals surface area contributed by atoms with Crippen LogP contribution in [0.25, 0.3) is 11.4 Å². The van der Waals surface area contributed by atoms with E-state index in [0.717, 1.165) is 17.7 Å². The van der Waals surface area contributed by atoms with Gasteiger partial charge in [0.1, 0.15) is 5.75 Å². The summed E-state index contributed by atoms with van der Waals surface area (Å²) in [5.41, 5.74) is 2.50. The van der Waals surface area contributed by atoms with Gasteiger partial charge in [-0.05, 0) is 36.1 Å². The van der Waals surface area contributed by atoms with E-state index >= 15 is 0 Å². The predicted molar refractivity (Wildman–Crippen MR) is 115 cm³/mol. The highest BCUT2D eigenvalue weighted by molar-refractivity contribution is 5.98. The largest absolute Gasteiger partial charge is 0.482 e. The standard InChI is InChI=1S/C23H24N4O4/c1-3-11-27-18-10-9-17(12-19(18)30-14-20(27)28)21-25-23(31-26-21)22(29)24-13-15(2)16-7-5-4-6-8-16/h4-10,12,15H,3,11,13-14H2,1-2H3,(H,24,29)/t15-/m0/s1. The number of rotatable bonds is 7. The van der Waals surface area contributed by atoms with Crippen LogP contribution < -0.4 is 15.0 Å². The van der Waals surface area contributed by atoms with Crippen molar-refractivity contribution in [2.45, 2.75) is 26.2 Å². The molecule has 0 saturated heterocycles. The Morgan fingerprint density at radius 2 is 2.03 bits per heavy atom. The molecule has 0 spiro atoms. The molecule has 160 valence electrons. The van der Waals surface area contributed by atoms with Gasteiger partial charge in [-0.3, -0.25) is 9.59 Å². The first kappa shape index (κ1) is 20.6. The number of amides is 2. The molecule has 0 aliphatic carbocycles. The van der Waals surface area contributed by atoms with E-state index in [0.29, 0.717) is 24.4 Å².